The summed E-state index contributed by atoms with van der Waals surface area (Å²) in [5.41, 5.74) is 7.46. The maximum Gasteiger partial charge on any atom is 0.122 e. The summed E-state index contributed by atoms with van der Waals surface area (Å²) in [6, 6.07) is 5.64. The van der Waals surface area contributed by atoms with Crippen LogP contribution in [0.25, 0.3) is 0 Å². The molecule has 0 aliphatic heterocycles. The van der Waals surface area contributed by atoms with E-state index in [9.17, 15) is 0 Å². The third kappa shape index (κ3) is 5.25. The molecule has 0 atom stereocenters. The second kappa shape index (κ2) is 7.79. The van der Waals surface area contributed by atoms with Gasteiger partial charge in [0, 0.05) is 50.3 Å². The zero-order valence-electron chi connectivity index (χ0n) is 11.4. The summed E-state index contributed by atoms with van der Waals surface area (Å²) in [6.07, 6.45) is 0. The minimum absolute atomic E-state index is 0.699. The first-order valence-electron chi connectivity index (χ1n) is 6.01. The Hall–Kier alpha value is -1.46. The van der Waals surface area contributed by atoms with Crippen LogP contribution in [0.1, 0.15) is 0 Å². The molecule has 0 aromatic heterocycles. The fourth-order valence-electron chi connectivity index (χ4n) is 1.59. The quantitative estimate of drug-likeness (QED) is 0.683. The van der Waals surface area contributed by atoms with Crippen molar-refractivity contribution in [3.05, 3.63) is 18.2 Å². The number of hydrogen-bond donors (Lipinski definition) is 2. The van der Waals surface area contributed by atoms with E-state index in [2.05, 4.69) is 17.3 Å². The van der Waals surface area contributed by atoms with Gasteiger partial charge in [-0.05, 0) is 13.1 Å². The Bertz CT molecular complexity index is 358. The molecule has 0 saturated heterocycles. The number of nitrogens with zero attached hydrogens (tertiary/aromatic N) is 1. The Morgan fingerprint density at radius 2 is 2.00 bits per heavy atom. The van der Waals surface area contributed by atoms with E-state index >= 15 is 0 Å². The van der Waals surface area contributed by atoms with Crippen LogP contribution in [0.4, 0.5) is 11.4 Å². The van der Waals surface area contributed by atoms with Gasteiger partial charge in [-0.2, -0.15) is 0 Å². The highest BCUT2D eigenvalue weighted by atomic mass is 16.5. The van der Waals surface area contributed by atoms with Gasteiger partial charge in [-0.3, -0.25) is 0 Å². The number of nitrogens with two attached hydrogens (primary N) is 1. The summed E-state index contributed by atoms with van der Waals surface area (Å²) >= 11 is 0. The minimum atomic E-state index is 0.699. The molecule has 18 heavy (non-hydrogen) atoms. The van der Waals surface area contributed by atoms with Crippen molar-refractivity contribution < 1.29 is 9.47 Å². The van der Waals surface area contributed by atoms with E-state index in [1.54, 1.807) is 20.3 Å². The SMILES string of the molecule is COCCN(C)CCNc1cc(N)cc(OC)c1. The average molecular weight is 253 g/mol. The van der Waals surface area contributed by atoms with Gasteiger partial charge in [-0.1, -0.05) is 0 Å². The number of hydrogen-bond acceptors (Lipinski definition) is 5. The molecule has 0 unspecified atom stereocenters. The van der Waals surface area contributed by atoms with Crippen molar-refractivity contribution in [3.8, 4) is 5.75 Å². The van der Waals surface area contributed by atoms with E-state index in [1.165, 1.54) is 0 Å². The van der Waals surface area contributed by atoms with Crippen LogP contribution in [-0.2, 0) is 4.74 Å². The fourth-order valence-corrected chi connectivity index (χ4v) is 1.59. The van der Waals surface area contributed by atoms with E-state index in [0.29, 0.717) is 5.69 Å². The Morgan fingerprint density at radius 1 is 1.22 bits per heavy atom. The van der Waals surface area contributed by atoms with Crippen LogP contribution < -0.4 is 15.8 Å². The monoisotopic (exact) mass is 253 g/mol. The number of ether oxygens (including phenoxy) is 2. The van der Waals surface area contributed by atoms with Crippen molar-refractivity contribution in [2.24, 2.45) is 0 Å². The lowest BCUT2D eigenvalue weighted by molar-refractivity contribution is 0.163. The third-order valence-electron chi connectivity index (χ3n) is 2.66. The molecular formula is C13H23N3O2. The zero-order valence-corrected chi connectivity index (χ0v) is 11.4. The predicted molar refractivity (Wildman–Crippen MR) is 75.3 cm³/mol. The van der Waals surface area contributed by atoms with Gasteiger partial charge in [0.05, 0.1) is 13.7 Å². The first-order chi connectivity index (χ1) is 8.65. The molecule has 0 aliphatic rings. The molecule has 5 heteroatoms. The average Bonchev–Trinajstić information content (AvgIpc) is 2.35. The van der Waals surface area contributed by atoms with Crippen LogP contribution >= 0.6 is 0 Å². The summed E-state index contributed by atoms with van der Waals surface area (Å²) < 4.78 is 10.2. The predicted octanol–water partition coefficient (Wildman–Crippen LogP) is 1.27. The lowest BCUT2D eigenvalue weighted by Crippen LogP contribution is -2.28. The third-order valence-corrected chi connectivity index (χ3v) is 2.66. The lowest BCUT2D eigenvalue weighted by atomic mass is 10.2. The Morgan fingerprint density at radius 3 is 2.67 bits per heavy atom. The Balaban J connectivity index is 2.36. The molecule has 0 aliphatic carbocycles. The van der Waals surface area contributed by atoms with Crippen LogP contribution in [-0.4, -0.2) is 52.4 Å². The van der Waals surface area contributed by atoms with Gasteiger partial charge in [-0.15, -0.1) is 0 Å². The first kappa shape index (κ1) is 14.6. The van der Waals surface area contributed by atoms with Crippen LogP contribution in [0, 0.1) is 0 Å². The molecule has 102 valence electrons. The number of methoxy groups -OCH3 is 2. The lowest BCUT2D eigenvalue weighted by Gasteiger charge is -2.17. The highest BCUT2D eigenvalue weighted by Crippen LogP contribution is 2.21. The molecule has 3 N–H and O–H groups in total. The molecule has 0 fully saturated rings. The molecule has 1 aromatic rings. The maximum absolute atomic E-state index is 5.79. The fraction of sp³-hybridized carbons (Fsp3) is 0.538. The molecule has 0 heterocycles. The molecule has 1 aromatic carbocycles. The first-order valence-corrected chi connectivity index (χ1v) is 6.01. The molecule has 5 nitrogen and oxygen atoms in total. The smallest absolute Gasteiger partial charge is 0.122 e. The number of rotatable bonds is 8. The van der Waals surface area contributed by atoms with Crippen molar-refractivity contribution in [1.29, 1.82) is 0 Å². The highest BCUT2D eigenvalue weighted by Gasteiger charge is 2.00. The summed E-state index contributed by atoms with van der Waals surface area (Å²) in [4.78, 5) is 2.21. The van der Waals surface area contributed by atoms with Crippen LogP contribution in [0.3, 0.4) is 0 Å². The number of benzene rings is 1. The molecule has 1 rings (SSSR count). The summed E-state index contributed by atoms with van der Waals surface area (Å²) in [5.74, 6) is 0.769. The number of likely N-dealkylation sites (N-methyl/N-ethyl adjacent to an activating group) is 1. The standard InChI is InChI=1S/C13H23N3O2/c1-16(6-7-17-2)5-4-15-12-8-11(14)9-13(10-12)18-3/h8-10,15H,4-7,14H2,1-3H3. The van der Waals surface area contributed by atoms with Gasteiger partial charge in [0.25, 0.3) is 0 Å². The van der Waals surface area contributed by atoms with E-state index in [-0.39, 0.29) is 0 Å². The maximum atomic E-state index is 5.79. The molecule has 0 amide bonds. The highest BCUT2D eigenvalue weighted by molar-refractivity contribution is 5.59. The summed E-state index contributed by atoms with van der Waals surface area (Å²) in [6.45, 7) is 3.48. The van der Waals surface area contributed by atoms with Crippen LogP contribution in [0.2, 0.25) is 0 Å². The molecule has 0 saturated carbocycles. The number of nitrogens with one attached hydrogen (secondary N) is 1. The van der Waals surface area contributed by atoms with Gasteiger partial charge in [-0.25, -0.2) is 0 Å². The van der Waals surface area contributed by atoms with Gasteiger partial charge in [0.15, 0.2) is 0 Å². The molecular weight excluding hydrogens is 230 g/mol. The second-order valence-electron chi connectivity index (χ2n) is 4.22. The largest absolute Gasteiger partial charge is 0.497 e. The van der Waals surface area contributed by atoms with Crippen molar-refractivity contribution in [1.82, 2.24) is 4.90 Å². The molecule has 0 spiro atoms. The van der Waals surface area contributed by atoms with Gasteiger partial charge in [0.1, 0.15) is 5.75 Å². The number of anilines is 2. The zero-order chi connectivity index (χ0) is 13.4. The topological polar surface area (TPSA) is 59.8 Å². The van der Waals surface area contributed by atoms with E-state index < -0.39 is 0 Å². The Kier molecular flexibility index (Phi) is 6.32. The van der Waals surface area contributed by atoms with E-state index in [1.807, 2.05) is 12.1 Å². The second-order valence-corrected chi connectivity index (χ2v) is 4.22. The summed E-state index contributed by atoms with van der Waals surface area (Å²) in [7, 11) is 5.42. The summed E-state index contributed by atoms with van der Waals surface area (Å²) in [5, 5.41) is 3.33. The van der Waals surface area contributed by atoms with Gasteiger partial charge >= 0.3 is 0 Å². The van der Waals surface area contributed by atoms with Crippen LogP contribution in [0.15, 0.2) is 18.2 Å². The van der Waals surface area contributed by atoms with Crippen molar-refractivity contribution in [3.63, 3.8) is 0 Å². The number of nitrogen functional groups attached to an aromatic ring is 1. The van der Waals surface area contributed by atoms with E-state index in [4.69, 9.17) is 15.2 Å². The van der Waals surface area contributed by atoms with Crippen molar-refractivity contribution in [2.45, 2.75) is 0 Å². The van der Waals surface area contributed by atoms with Gasteiger partial charge in [0.2, 0.25) is 0 Å². The van der Waals surface area contributed by atoms with Gasteiger partial charge < -0.3 is 25.4 Å². The molecule has 0 radical (unpaired) electrons. The Labute approximate surface area is 109 Å². The van der Waals surface area contributed by atoms with Crippen LogP contribution in [0.5, 0.6) is 5.75 Å². The molecule has 0 bridgehead atoms. The van der Waals surface area contributed by atoms with Crippen molar-refractivity contribution in [2.75, 3.05) is 58.6 Å². The minimum Gasteiger partial charge on any atom is -0.497 e. The van der Waals surface area contributed by atoms with Crippen molar-refractivity contribution >= 4 is 11.4 Å². The normalized spacial score (nSPS) is 10.7. The van der Waals surface area contributed by atoms with E-state index in [0.717, 1.165) is 37.7 Å².